The standard InChI is InChI=1S/C24H35N3O5/c1-24(2,3)32-23(30)25-14-11-21(28)26-17-18-12-15-27(16-13-18)22(29)10-9-19-7-5-6-8-20(19)31-4/h5-10,18H,11-17H2,1-4H3,(H,25,30)(H,26,28)/b10-9+. The normalized spacial score (nSPS) is 14.8. The summed E-state index contributed by atoms with van der Waals surface area (Å²) in [6, 6.07) is 7.55. The van der Waals surface area contributed by atoms with Crippen molar-refractivity contribution >= 4 is 24.0 Å². The van der Waals surface area contributed by atoms with Crippen molar-refractivity contribution in [3.8, 4) is 5.75 Å². The molecule has 3 amide bonds. The Morgan fingerprint density at radius 3 is 2.47 bits per heavy atom. The fourth-order valence-corrected chi connectivity index (χ4v) is 3.37. The van der Waals surface area contributed by atoms with Gasteiger partial charge in [0.25, 0.3) is 0 Å². The highest BCUT2D eigenvalue weighted by atomic mass is 16.6. The molecule has 0 saturated carbocycles. The van der Waals surface area contributed by atoms with Crippen LogP contribution in [0.15, 0.2) is 30.3 Å². The maximum Gasteiger partial charge on any atom is 0.407 e. The van der Waals surface area contributed by atoms with Gasteiger partial charge in [-0.25, -0.2) is 4.79 Å². The molecule has 2 rings (SSSR count). The minimum atomic E-state index is -0.563. The Morgan fingerprint density at radius 2 is 1.81 bits per heavy atom. The molecule has 1 aromatic rings. The Labute approximate surface area is 190 Å². The van der Waals surface area contributed by atoms with Crippen LogP contribution in [-0.4, -0.2) is 61.7 Å². The van der Waals surface area contributed by atoms with Crippen LogP contribution in [0.3, 0.4) is 0 Å². The summed E-state index contributed by atoms with van der Waals surface area (Å²) in [5, 5.41) is 5.49. The minimum Gasteiger partial charge on any atom is -0.496 e. The molecule has 0 aliphatic carbocycles. The molecule has 1 aromatic carbocycles. The molecule has 0 bridgehead atoms. The van der Waals surface area contributed by atoms with Crippen molar-refractivity contribution in [2.45, 2.75) is 45.6 Å². The number of methoxy groups -OCH3 is 1. The first-order valence-electron chi connectivity index (χ1n) is 11.0. The van der Waals surface area contributed by atoms with Gasteiger partial charge >= 0.3 is 6.09 Å². The molecule has 1 aliphatic heterocycles. The molecule has 0 unspecified atom stereocenters. The quantitative estimate of drug-likeness (QED) is 0.600. The van der Waals surface area contributed by atoms with Crippen molar-refractivity contribution in [3.05, 3.63) is 35.9 Å². The fourth-order valence-electron chi connectivity index (χ4n) is 3.37. The second-order valence-electron chi connectivity index (χ2n) is 8.83. The SMILES string of the molecule is COc1ccccc1/C=C/C(=O)N1CCC(CNC(=O)CCNC(=O)OC(C)(C)C)CC1. The topological polar surface area (TPSA) is 97.0 Å². The van der Waals surface area contributed by atoms with Gasteiger partial charge < -0.3 is 25.0 Å². The summed E-state index contributed by atoms with van der Waals surface area (Å²) < 4.78 is 10.4. The second-order valence-corrected chi connectivity index (χ2v) is 8.83. The molecular formula is C24H35N3O5. The first-order chi connectivity index (χ1) is 15.2. The van der Waals surface area contributed by atoms with Gasteiger partial charge in [0, 0.05) is 44.2 Å². The Hall–Kier alpha value is -3.03. The van der Waals surface area contributed by atoms with Gasteiger partial charge in [0.2, 0.25) is 11.8 Å². The summed E-state index contributed by atoms with van der Waals surface area (Å²) >= 11 is 0. The van der Waals surface area contributed by atoms with E-state index in [2.05, 4.69) is 10.6 Å². The van der Waals surface area contributed by atoms with Crippen LogP contribution in [0.5, 0.6) is 5.75 Å². The number of benzene rings is 1. The maximum absolute atomic E-state index is 12.5. The van der Waals surface area contributed by atoms with E-state index in [0.29, 0.717) is 25.6 Å². The molecule has 1 aliphatic rings. The Balaban J connectivity index is 1.65. The van der Waals surface area contributed by atoms with E-state index in [4.69, 9.17) is 9.47 Å². The van der Waals surface area contributed by atoms with Crippen LogP contribution in [0.2, 0.25) is 0 Å². The van der Waals surface area contributed by atoms with Gasteiger partial charge in [-0.2, -0.15) is 0 Å². The second kappa shape index (κ2) is 12.1. The third kappa shape index (κ3) is 8.99. The van der Waals surface area contributed by atoms with E-state index in [1.165, 1.54) is 0 Å². The molecule has 1 saturated heterocycles. The lowest BCUT2D eigenvalue weighted by Crippen LogP contribution is -2.41. The van der Waals surface area contributed by atoms with Crippen molar-refractivity contribution in [1.29, 1.82) is 0 Å². The molecule has 0 spiro atoms. The Bertz CT molecular complexity index is 808. The van der Waals surface area contributed by atoms with Crippen molar-refractivity contribution in [3.63, 3.8) is 0 Å². The Kier molecular flexibility index (Phi) is 9.56. The molecule has 2 N–H and O–H groups in total. The number of alkyl carbamates (subject to hydrolysis) is 1. The predicted octanol–water partition coefficient (Wildman–Crippen LogP) is 2.98. The highest BCUT2D eigenvalue weighted by Gasteiger charge is 2.22. The van der Waals surface area contributed by atoms with E-state index in [1.807, 2.05) is 29.2 Å². The Morgan fingerprint density at radius 1 is 1.12 bits per heavy atom. The van der Waals surface area contributed by atoms with Gasteiger partial charge in [-0.3, -0.25) is 9.59 Å². The van der Waals surface area contributed by atoms with Crippen LogP contribution in [0.4, 0.5) is 4.79 Å². The number of carbonyl (C=O) groups is 3. The van der Waals surface area contributed by atoms with Crippen LogP contribution in [0.25, 0.3) is 6.08 Å². The lowest BCUT2D eigenvalue weighted by atomic mass is 9.96. The summed E-state index contributed by atoms with van der Waals surface area (Å²) in [6.45, 7) is 7.49. The lowest BCUT2D eigenvalue weighted by Gasteiger charge is -2.31. The number of para-hydroxylation sites is 1. The minimum absolute atomic E-state index is 0.0217. The summed E-state index contributed by atoms with van der Waals surface area (Å²) in [5.41, 5.74) is 0.300. The van der Waals surface area contributed by atoms with E-state index >= 15 is 0 Å². The number of nitrogens with zero attached hydrogens (tertiary/aromatic N) is 1. The molecular weight excluding hydrogens is 410 g/mol. The van der Waals surface area contributed by atoms with E-state index in [-0.39, 0.29) is 24.8 Å². The smallest absolute Gasteiger partial charge is 0.407 e. The van der Waals surface area contributed by atoms with Crippen LogP contribution >= 0.6 is 0 Å². The van der Waals surface area contributed by atoms with Gasteiger partial charge in [-0.15, -0.1) is 0 Å². The third-order valence-corrected chi connectivity index (χ3v) is 5.08. The molecule has 1 heterocycles. The number of carbonyl (C=O) groups excluding carboxylic acids is 3. The molecule has 8 nitrogen and oxygen atoms in total. The van der Waals surface area contributed by atoms with Gasteiger partial charge in [-0.05, 0) is 51.7 Å². The summed E-state index contributed by atoms with van der Waals surface area (Å²) in [5.74, 6) is 0.929. The van der Waals surface area contributed by atoms with Crippen LogP contribution in [0.1, 0.15) is 45.6 Å². The van der Waals surface area contributed by atoms with E-state index in [1.54, 1.807) is 40.0 Å². The first kappa shape index (κ1) is 25.2. The van der Waals surface area contributed by atoms with Gasteiger partial charge in [0.15, 0.2) is 0 Å². The van der Waals surface area contributed by atoms with E-state index in [0.717, 1.165) is 24.2 Å². The van der Waals surface area contributed by atoms with Crippen molar-refractivity contribution in [1.82, 2.24) is 15.5 Å². The summed E-state index contributed by atoms with van der Waals surface area (Å²) in [4.78, 5) is 37.9. The molecule has 1 fully saturated rings. The number of hydrogen-bond donors (Lipinski definition) is 2. The molecule has 176 valence electrons. The zero-order valence-corrected chi connectivity index (χ0v) is 19.5. The van der Waals surface area contributed by atoms with Crippen LogP contribution < -0.4 is 15.4 Å². The third-order valence-electron chi connectivity index (χ3n) is 5.08. The van der Waals surface area contributed by atoms with Crippen LogP contribution in [0, 0.1) is 5.92 Å². The number of amides is 3. The van der Waals surface area contributed by atoms with E-state index < -0.39 is 11.7 Å². The van der Waals surface area contributed by atoms with Gasteiger partial charge in [0.05, 0.1) is 7.11 Å². The largest absolute Gasteiger partial charge is 0.496 e. The average molecular weight is 446 g/mol. The highest BCUT2D eigenvalue weighted by Crippen LogP contribution is 2.20. The zero-order valence-electron chi connectivity index (χ0n) is 19.5. The molecule has 8 heteroatoms. The number of piperidine rings is 1. The predicted molar refractivity (Wildman–Crippen MR) is 123 cm³/mol. The number of likely N-dealkylation sites (tertiary alicyclic amines) is 1. The monoisotopic (exact) mass is 445 g/mol. The number of hydrogen-bond acceptors (Lipinski definition) is 5. The maximum atomic E-state index is 12.5. The highest BCUT2D eigenvalue weighted by molar-refractivity contribution is 5.92. The first-order valence-corrected chi connectivity index (χ1v) is 11.0. The molecule has 32 heavy (non-hydrogen) atoms. The average Bonchev–Trinajstić information content (AvgIpc) is 2.75. The summed E-state index contributed by atoms with van der Waals surface area (Å²) in [6.07, 6.45) is 4.71. The van der Waals surface area contributed by atoms with E-state index in [9.17, 15) is 14.4 Å². The summed E-state index contributed by atoms with van der Waals surface area (Å²) in [7, 11) is 1.61. The molecule has 0 radical (unpaired) electrons. The van der Waals surface area contributed by atoms with Gasteiger partial charge in [-0.1, -0.05) is 18.2 Å². The van der Waals surface area contributed by atoms with Crippen molar-refractivity contribution in [2.75, 3.05) is 33.3 Å². The van der Waals surface area contributed by atoms with Crippen LogP contribution in [-0.2, 0) is 14.3 Å². The number of ether oxygens (including phenoxy) is 2. The number of rotatable bonds is 8. The number of nitrogens with one attached hydrogen (secondary N) is 2. The molecule has 0 atom stereocenters. The lowest BCUT2D eigenvalue weighted by molar-refractivity contribution is -0.127. The van der Waals surface area contributed by atoms with Crippen molar-refractivity contribution < 1.29 is 23.9 Å². The van der Waals surface area contributed by atoms with Gasteiger partial charge in [0.1, 0.15) is 11.4 Å². The molecule has 0 aromatic heterocycles. The fraction of sp³-hybridized carbons (Fsp3) is 0.542. The zero-order chi connectivity index (χ0) is 23.6. The van der Waals surface area contributed by atoms with Crippen molar-refractivity contribution in [2.24, 2.45) is 5.92 Å².